The predicted molar refractivity (Wildman–Crippen MR) is 107 cm³/mol. The van der Waals surface area contributed by atoms with Crippen LogP contribution in [-0.4, -0.2) is 12.0 Å². The van der Waals surface area contributed by atoms with E-state index < -0.39 is 0 Å². The highest BCUT2D eigenvalue weighted by atomic mass is 35.5. The quantitative estimate of drug-likeness (QED) is 0.456. The molecule has 4 rings (SSSR count). The molecule has 26 heavy (non-hydrogen) atoms. The zero-order valence-electron chi connectivity index (χ0n) is 14.1. The van der Waals surface area contributed by atoms with Gasteiger partial charge in [-0.3, -0.25) is 0 Å². The summed E-state index contributed by atoms with van der Waals surface area (Å²) >= 11 is 5.98. The van der Waals surface area contributed by atoms with Gasteiger partial charge in [0, 0.05) is 28.7 Å². The van der Waals surface area contributed by atoms with E-state index in [1.807, 2.05) is 55.6 Å². The number of hydrogen-bond donors (Lipinski definition) is 1. The maximum absolute atomic E-state index is 13.6. The number of fused-ring (bicyclic) bond motifs is 1. The molecule has 0 atom stereocenters. The molecule has 1 heterocycles. The SMILES string of the molecule is CNc1cc(-c2cccc(F)c2)nc2ccc(-c3ccc(Cl)cc3)cc12. The van der Waals surface area contributed by atoms with Crippen LogP contribution in [0.3, 0.4) is 0 Å². The second-order valence-electron chi connectivity index (χ2n) is 6.05. The van der Waals surface area contributed by atoms with Gasteiger partial charge < -0.3 is 5.32 Å². The van der Waals surface area contributed by atoms with Gasteiger partial charge in [0.25, 0.3) is 0 Å². The topological polar surface area (TPSA) is 24.9 Å². The summed E-state index contributed by atoms with van der Waals surface area (Å²) in [6.07, 6.45) is 0. The van der Waals surface area contributed by atoms with E-state index in [0.29, 0.717) is 5.02 Å². The molecule has 0 bridgehead atoms. The number of rotatable bonds is 3. The zero-order chi connectivity index (χ0) is 18.1. The van der Waals surface area contributed by atoms with Crippen molar-refractivity contribution in [1.82, 2.24) is 4.98 Å². The van der Waals surface area contributed by atoms with E-state index in [4.69, 9.17) is 16.6 Å². The summed E-state index contributed by atoms with van der Waals surface area (Å²) in [7, 11) is 1.87. The standard InChI is InChI=1S/C22H16ClFN2/c1-25-22-13-21(16-3-2-4-18(24)11-16)26-20-10-7-15(12-19(20)22)14-5-8-17(23)9-6-14/h2-13H,1H3,(H,25,26). The minimum Gasteiger partial charge on any atom is -0.388 e. The van der Waals surface area contributed by atoms with Gasteiger partial charge in [-0.1, -0.05) is 41.9 Å². The molecule has 2 nitrogen and oxygen atoms in total. The van der Waals surface area contributed by atoms with E-state index in [1.54, 1.807) is 6.07 Å². The monoisotopic (exact) mass is 362 g/mol. The summed E-state index contributed by atoms with van der Waals surface area (Å²) in [6.45, 7) is 0. The number of nitrogens with one attached hydrogen (secondary N) is 1. The third kappa shape index (κ3) is 3.14. The molecule has 0 saturated carbocycles. The lowest BCUT2D eigenvalue weighted by Gasteiger charge is -2.11. The Morgan fingerprint density at radius 1 is 0.846 bits per heavy atom. The molecule has 0 aliphatic carbocycles. The van der Waals surface area contributed by atoms with Crippen LogP contribution in [0.4, 0.5) is 10.1 Å². The Bertz CT molecular complexity index is 1090. The van der Waals surface area contributed by atoms with Crippen molar-refractivity contribution in [1.29, 1.82) is 0 Å². The Morgan fingerprint density at radius 3 is 2.35 bits per heavy atom. The third-order valence-electron chi connectivity index (χ3n) is 4.38. The van der Waals surface area contributed by atoms with Gasteiger partial charge in [-0.15, -0.1) is 0 Å². The van der Waals surface area contributed by atoms with Gasteiger partial charge in [0.1, 0.15) is 5.82 Å². The Kier molecular flexibility index (Phi) is 4.31. The van der Waals surface area contributed by atoms with Gasteiger partial charge in [-0.05, 0) is 53.6 Å². The molecule has 0 aliphatic rings. The first kappa shape index (κ1) is 16.6. The molecule has 0 radical (unpaired) electrons. The number of benzene rings is 3. The minimum absolute atomic E-state index is 0.270. The van der Waals surface area contributed by atoms with Gasteiger partial charge >= 0.3 is 0 Å². The summed E-state index contributed by atoms with van der Waals surface area (Å²) in [6, 6.07) is 22.3. The first-order valence-corrected chi connectivity index (χ1v) is 8.66. The molecule has 0 unspecified atom stereocenters. The molecule has 3 aromatic carbocycles. The van der Waals surface area contributed by atoms with Crippen LogP contribution in [0.2, 0.25) is 5.02 Å². The molecular formula is C22H16ClFN2. The lowest BCUT2D eigenvalue weighted by molar-refractivity contribution is 0.628. The van der Waals surface area contributed by atoms with Crippen molar-refractivity contribution in [3.05, 3.63) is 83.6 Å². The van der Waals surface area contributed by atoms with E-state index in [-0.39, 0.29) is 5.82 Å². The van der Waals surface area contributed by atoms with Crippen molar-refractivity contribution in [2.24, 2.45) is 0 Å². The van der Waals surface area contributed by atoms with Crippen LogP contribution in [0.25, 0.3) is 33.3 Å². The molecule has 1 N–H and O–H groups in total. The van der Waals surface area contributed by atoms with Crippen molar-refractivity contribution in [3.63, 3.8) is 0 Å². The number of halogens is 2. The fourth-order valence-corrected chi connectivity index (χ4v) is 3.18. The maximum atomic E-state index is 13.6. The number of aromatic nitrogens is 1. The minimum atomic E-state index is -0.270. The first-order valence-electron chi connectivity index (χ1n) is 8.28. The summed E-state index contributed by atoms with van der Waals surface area (Å²) in [5, 5.41) is 4.96. The highest BCUT2D eigenvalue weighted by Gasteiger charge is 2.09. The van der Waals surface area contributed by atoms with Crippen LogP contribution in [0, 0.1) is 5.82 Å². The Hall–Kier alpha value is -2.91. The number of anilines is 1. The number of nitrogens with zero attached hydrogens (tertiary/aromatic N) is 1. The van der Waals surface area contributed by atoms with Gasteiger partial charge in [0.05, 0.1) is 11.2 Å². The van der Waals surface area contributed by atoms with Crippen molar-refractivity contribution in [2.75, 3.05) is 12.4 Å². The highest BCUT2D eigenvalue weighted by Crippen LogP contribution is 2.32. The van der Waals surface area contributed by atoms with Crippen LogP contribution in [-0.2, 0) is 0 Å². The summed E-state index contributed by atoms with van der Waals surface area (Å²) in [5.74, 6) is -0.270. The number of hydrogen-bond acceptors (Lipinski definition) is 2. The Labute approximate surface area is 156 Å². The molecule has 4 heteroatoms. The van der Waals surface area contributed by atoms with Gasteiger partial charge in [-0.2, -0.15) is 0 Å². The smallest absolute Gasteiger partial charge is 0.123 e. The number of pyridine rings is 1. The lowest BCUT2D eigenvalue weighted by atomic mass is 10.0. The largest absolute Gasteiger partial charge is 0.388 e. The van der Waals surface area contributed by atoms with Crippen molar-refractivity contribution in [2.45, 2.75) is 0 Å². The molecule has 1 aromatic heterocycles. The van der Waals surface area contributed by atoms with Crippen molar-refractivity contribution < 1.29 is 4.39 Å². The van der Waals surface area contributed by atoms with E-state index in [1.165, 1.54) is 12.1 Å². The molecule has 0 aliphatic heterocycles. The molecule has 0 saturated heterocycles. The van der Waals surface area contributed by atoms with E-state index in [0.717, 1.165) is 39.0 Å². The fraction of sp³-hybridized carbons (Fsp3) is 0.0455. The second-order valence-corrected chi connectivity index (χ2v) is 6.49. The molecule has 4 aromatic rings. The summed E-state index contributed by atoms with van der Waals surface area (Å²) in [5.41, 5.74) is 5.48. The van der Waals surface area contributed by atoms with Crippen LogP contribution < -0.4 is 5.32 Å². The van der Waals surface area contributed by atoms with E-state index in [2.05, 4.69) is 11.4 Å². The molecule has 0 spiro atoms. The zero-order valence-corrected chi connectivity index (χ0v) is 14.9. The van der Waals surface area contributed by atoms with Crippen molar-refractivity contribution >= 4 is 28.2 Å². The van der Waals surface area contributed by atoms with Crippen LogP contribution in [0.5, 0.6) is 0 Å². The molecule has 0 amide bonds. The van der Waals surface area contributed by atoms with Gasteiger partial charge in [-0.25, -0.2) is 9.37 Å². The van der Waals surface area contributed by atoms with Crippen LogP contribution in [0.1, 0.15) is 0 Å². The fourth-order valence-electron chi connectivity index (χ4n) is 3.05. The predicted octanol–water partition coefficient (Wildman–Crippen LogP) is 6.40. The maximum Gasteiger partial charge on any atom is 0.123 e. The van der Waals surface area contributed by atoms with Crippen molar-refractivity contribution in [3.8, 4) is 22.4 Å². The van der Waals surface area contributed by atoms with Gasteiger partial charge in [0.15, 0.2) is 0 Å². The second kappa shape index (κ2) is 6.77. The summed E-state index contributed by atoms with van der Waals surface area (Å²) in [4.78, 5) is 4.72. The molecule has 0 fully saturated rings. The average Bonchev–Trinajstić information content (AvgIpc) is 2.67. The normalized spacial score (nSPS) is 10.9. The average molecular weight is 363 g/mol. The molecule has 128 valence electrons. The van der Waals surface area contributed by atoms with E-state index in [9.17, 15) is 4.39 Å². The lowest BCUT2D eigenvalue weighted by Crippen LogP contribution is -1.95. The Balaban J connectivity index is 1.86. The van der Waals surface area contributed by atoms with Crippen LogP contribution >= 0.6 is 11.6 Å². The molecular weight excluding hydrogens is 347 g/mol. The first-order chi connectivity index (χ1) is 12.6. The van der Waals surface area contributed by atoms with E-state index >= 15 is 0 Å². The highest BCUT2D eigenvalue weighted by molar-refractivity contribution is 6.30. The van der Waals surface area contributed by atoms with Gasteiger partial charge in [0.2, 0.25) is 0 Å². The summed E-state index contributed by atoms with van der Waals surface area (Å²) < 4.78 is 13.6. The third-order valence-corrected chi connectivity index (χ3v) is 4.63. The Morgan fingerprint density at radius 2 is 1.62 bits per heavy atom. The van der Waals surface area contributed by atoms with Crippen LogP contribution in [0.15, 0.2) is 72.8 Å².